The summed E-state index contributed by atoms with van der Waals surface area (Å²) in [7, 11) is 0. The second kappa shape index (κ2) is 6.75. The normalized spacial score (nSPS) is 13.9. The van der Waals surface area contributed by atoms with Crippen molar-refractivity contribution in [2.45, 2.75) is 44.9 Å². The van der Waals surface area contributed by atoms with Crippen LogP contribution in [0.4, 0.5) is 13.2 Å². The lowest BCUT2D eigenvalue weighted by Crippen LogP contribution is -2.25. The molecule has 0 aliphatic carbocycles. The molecule has 0 saturated heterocycles. The number of alkyl halides is 3. The molecule has 1 nitrogen and oxygen atoms in total. The molecule has 0 radical (unpaired) electrons. The van der Waals surface area contributed by atoms with E-state index < -0.39 is 12.6 Å². The standard InChI is InChI=1S/C11H15BrF3NS/c1-8(3-2-5-11(13,14)15)16-7-10-9(12)4-6-17-10/h4,6,8,16H,2-3,5,7H2,1H3. The molecule has 1 rings (SSSR count). The molecule has 1 heterocycles. The zero-order valence-corrected chi connectivity index (χ0v) is 11.9. The van der Waals surface area contributed by atoms with E-state index in [4.69, 9.17) is 0 Å². The number of nitrogens with one attached hydrogen (secondary N) is 1. The Morgan fingerprint density at radius 3 is 2.71 bits per heavy atom. The van der Waals surface area contributed by atoms with E-state index in [1.165, 1.54) is 4.88 Å². The Bertz CT molecular complexity index is 338. The summed E-state index contributed by atoms with van der Waals surface area (Å²) in [5.74, 6) is 0. The minimum atomic E-state index is -4.03. The van der Waals surface area contributed by atoms with Gasteiger partial charge < -0.3 is 5.32 Å². The highest BCUT2D eigenvalue weighted by atomic mass is 79.9. The molecule has 0 saturated carbocycles. The Morgan fingerprint density at radius 2 is 2.18 bits per heavy atom. The first-order valence-corrected chi connectivity index (χ1v) is 7.08. The van der Waals surface area contributed by atoms with Crippen molar-refractivity contribution in [1.29, 1.82) is 0 Å². The molecule has 0 aliphatic rings. The Labute approximate surface area is 112 Å². The Balaban J connectivity index is 2.18. The van der Waals surface area contributed by atoms with Gasteiger partial charge in [-0.15, -0.1) is 11.3 Å². The van der Waals surface area contributed by atoms with Crippen molar-refractivity contribution >= 4 is 27.3 Å². The second-order valence-electron chi connectivity index (χ2n) is 3.98. The summed E-state index contributed by atoms with van der Waals surface area (Å²) < 4.78 is 36.9. The first-order valence-electron chi connectivity index (χ1n) is 5.40. The molecular weight excluding hydrogens is 315 g/mol. The lowest BCUT2D eigenvalue weighted by atomic mass is 10.1. The molecule has 0 amide bonds. The SMILES string of the molecule is CC(CCCC(F)(F)F)NCc1sccc1Br. The molecular formula is C11H15BrF3NS. The molecule has 1 atom stereocenters. The predicted octanol–water partition coefficient (Wildman–Crippen LogP) is 4.72. The van der Waals surface area contributed by atoms with E-state index in [0.717, 1.165) is 4.47 Å². The maximum absolute atomic E-state index is 11.9. The third kappa shape index (κ3) is 6.43. The van der Waals surface area contributed by atoms with Gasteiger partial charge in [-0.2, -0.15) is 13.2 Å². The Kier molecular flexibility index (Phi) is 5.95. The maximum Gasteiger partial charge on any atom is 0.389 e. The van der Waals surface area contributed by atoms with E-state index in [0.29, 0.717) is 13.0 Å². The maximum atomic E-state index is 11.9. The van der Waals surface area contributed by atoms with Crippen molar-refractivity contribution in [3.05, 3.63) is 20.8 Å². The van der Waals surface area contributed by atoms with Crippen LogP contribution in [0.1, 0.15) is 31.1 Å². The largest absolute Gasteiger partial charge is 0.389 e. The van der Waals surface area contributed by atoms with Crippen LogP contribution in [0.25, 0.3) is 0 Å². The molecule has 0 aliphatic heterocycles. The second-order valence-corrected chi connectivity index (χ2v) is 5.84. The van der Waals surface area contributed by atoms with E-state index in [9.17, 15) is 13.2 Å². The summed E-state index contributed by atoms with van der Waals surface area (Å²) in [6.45, 7) is 2.61. The average Bonchev–Trinajstić information content (AvgIpc) is 2.59. The highest BCUT2D eigenvalue weighted by Crippen LogP contribution is 2.24. The topological polar surface area (TPSA) is 12.0 Å². The molecule has 17 heavy (non-hydrogen) atoms. The summed E-state index contributed by atoms with van der Waals surface area (Å²) in [6, 6.07) is 2.07. The fraction of sp³-hybridized carbons (Fsp3) is 0.636. The first-order chi connectivity index (χ1) is 7.88. The van der Waals surface area contributed by atoms with Crippen LogP contribution in [0.15, 0.2) is 15.9 Å². The lowest BCUT2D eigenvalue weighted by Gasteiger charge is -2.14. The summed E-state index contributed by atoms with van der Waals surface area (Å²) in [5, 5.41) is 5.21. The van der Waals surface area contributed by atoms with Crippen molar-refractivity contribution in [3.63, 3.8) is 0 Å². The number of hydrogen-bond donors (Lipinski definition) is 1. The van der Waals surface area contributed by atoms with E-state index >= 15 is 0 Å². The van der Waals surface area contributed by atoms with E-state index in [1.807, 2.05) is 18.4 Å². The monoisotopic (exact) mass is 329 g/mol. The van der Waals surface area contributed by atoms with Crippen LogP contribution in [0, 0.1) is 0 Å². The first kappa shape index (κ1) is 15.0. The molecule has 0 aromatic carbocycles. The van der Waals surface area contributed by atoms with Crippen molar-refractivity contribution in [2.24, 2.45) is 0 Å². The van der Waals surface area contributed by atoms with E-state index in [2.05, 4.69) is 21.2 Å². The summed E-state index contributed by atoms with van der Waals surface area (Å²) in [5.41, 5.74) is 0. The number of halogens is 4. The summed E-state index contributed by atoms with van der Waals surface area (Å²) in [6.07, 6.45) is -4.00. The Hall–Kier alpha value is -0.0700. The van der Waals surface area contributed by atoms with Crippen molar-refractivity contribution in [2.75, 3.05) is 0 Å². The average molecular weight is 330 g/mol. The molecule has 1 aromatic rings. The van der Waals surface area contributed by atoms with Crippen molar-refractivity contribution in [3.8, 4) is 0 Å². The van der Waals surface area contributed by atoms with Crippen molar-refractivity contribution in [1.82, 2.24) is 5.32 Å². The molecule has 0 bridgehead atoms. The van der Waals surface area contributed by atoms with Crippen LogP contribution in [0.5, 0.6) is 0 Å². The predicted molar refractivity (Wildman–Crippen MR) is 68.2 cm³/mol. The van der Waals surface area contributed by atoms with Crippen molar-refractivity contribution < 1.29 is 13.2 Å². The third-order valence-electron chi connectivity index (χ3n) is 2.40. The summed E-state index contributed by atoms with van der Waals surface area (Å²) >= 11 is 5.05. The van der Waals surface area contributed by atoms with Crippen LogP contribution in [0.2, 0.25) is 0 Å². The molecule has 6 heteroatoms. The molecule has 1 N–H and O–H groups in total. The van der Waals surface area contributed by atoms with Crippen LogP contribution >= 0.6 is 27.3 Å². The van der Waals surface area contributed by atoms with Gasteiger partial charge in [-0.05, 0) is 47.1 Å². The molecule has 0 spiro atoms. The molecule has 1 unspecified atom stereocenters. The van der Waals surface area contributed by atoms with E-state index in [1.54, 1.807) is 11.3 Å². The molecule has 0 fully saturated rings. The zero-order valence-electron chi connectivity index (χ0n) is 9.48. The molecule has 1 aromatic heterocycles. The number of hydrogen-bond acceptors (Lipinski definition) is 2. The molecule has 98 valence electrons. The van der Waals surface area contributed by atoms with Crippen LogP contribution in [-0.4, -0.2) is 12.2 Å². The zero-order chi connectivity index (χ0) is 12.9. The summed E-state index contributed by atoms with van der Waals surface area (Å²) in [4.78, 5) is 1.17. The van der Waals surface area contributed by atoms with Crippen LogP contribution in [-0.2, 0) is 6.54 Å². The lowest BCUT2D eigenvalue weighted by molar-refractivity contribution is -0.135. The van der Waals surface area contributed by atoms with Gasteiger partial charge in [-0.1, -0.05) is 0 Å². The van der Waals surface area contributed by atoms with E-state index in [-0.39, 0.29) is 12.5 Å². The van der Waals surface area contributed by atoms with Gasteiger partial charge in [0.2, 0.25) is 0 Å². The van der Waals surface area contributed by atoms with Gasteiger partial charge in [0.05, 0.1) is 0 Å². The van der Waals surface area contributed by atoms with Gasteiger partial charge in [0.15, 0.2) is 0 Å². The van der Waals surface area contributed by atoms with Crippen LogP contribution in [0.3, 0.4) is 0 Å². The van der Waals surface area contributed by atoms with Gasteiger partial charge in [-0.25, -0.2) is 0 Å². The quantitative estimate of drug-likeness (QED) is 0.796. The fourth-order valence-electron chi connectivity index (χ4n) is 1.43. The van der Waals surface area contributed by atoms with Gasteiger partial charge in [0.25, 0.3) is 0 Å². The van der Waals surface area contributed by atoms with Gasteiger partial charge in [-0.3, -0.25) is 0 Å². The fourth-order valence-corrected chi connectivity index (χ4v) is 2.87. The minimum Gasteiger partial charge on any atom is -0.309 e. The smallest absolute Gasteiger partial charge is 0.309 e. The van der Waals surface area contributed by atoms with Crippen LogP contribution < -0.4 is 5.32 Å². The van der Waals surface area contributed by atoms with Gasteiger partial charge in [0.1, 0.15) is 0 Å². The third-order valence-corrected chi connectivity index (χ3v) is 4.33. The number of rotatable bonds is 6. The highest BCUT2D eigenvalue weighted by molar-refractivity contribution is 9.10. The van der Waals surface area contributed by atoms with Gasteiger partial charge >= 0.3 is 6.18 Å². The Morgan fingerprint density at radius 1 is 1.47 bits per heavy atom. The highest BCUT2D eigenvalue weighted by Gasteiger charge is 2.26. The minimum absolute atomic E-state index is 0.103. The van der Waals surface area contributed by atoms with Gasteiger partial charge in [0, 0.05) is 28.4 Å². The number of thiophene rings is 1.